The van der Waals surface area contributed by atoms with Gasteiger partial charge in [0.15, 0.2) is 5.52 Å². The molecule has 0 rings (SSSR count). The summed E-state index contributed by atoms with van der Waals surface area (Å²) in [6.07, 6.45) is 0.104. The first-order valence-electron chi connectivity index (χ1n) is 2.37. The second-order valence-corrected chi connectivity index (χ2v) is 2.89. The Hall–Kier alpha value is 0.160. The van der Waals surface area contributed by atoms with E-state index < -0.39 is 6.04 Å². The van der Waals surface area contributed by atoms with Crippen molar-refractivity contribution < 1.29 is 9.59 Å². The first kappa shape index (κ1) is 9.16. The summed E-state index contributed by atoms with van der Waals surface area (Å²) in [7, 11) is 3.90. The van der Waals surface area contributed by atoms with Crippen molar-refractivity contribution in [2.24, 2.45) is 5.73 Å². The predicted molar refractivity (Wildman–Crippen MR) is 42.0 cm³/mol. The molecule has 3 nitrogen and oxygen atoms in total. The van der Waals surface area contributed by atoms with Gasteiger partial charge in [-0.05, 0) is 0 Å². The minimum absolute atomic E-state index is 0.104. The molecule has 0 radical (unpaired) electrons. The van der Waals surface area contributed by atoms with Gasteiger partial charge in [-0.3, -0.25) is 9.59 Å². The van der Waals surface area contributed by atoms with E-state index >= 15 is 0 Å². The van der Waals surface area contributed by atoms with Crippen molar-refractivity contribution >= 4 is 29.5 Å². The second-order valence-electron chi connectivity index (χ2n) is 1.68. The van der Waals surface area contributed by atoms with Gasteiger partial charge in [0.05, 0.1) is 6.04 Å². The predicted octanol–water partition coefficient (Wildman–Crippen LogP) is -0.493. The van der Waals surface area contributed by atoms with Gasteiger partial charge >= 0.3 is 0 Å². The molecule has 0 fully saturated rings. The fraction of sp³-hybridized carbons (Fsp3) is 0.500. The third kappa shape index (κ3) is 4.65. The fourth-order valence-electron chi connectivity index (χ4n) is 0.317. The Kier molecular flexibility index (Phi) is 4.12. The lowest BCUT2D eigenvalue weighted by atomic mass is 10.3. The number of rotatable bonds is 3. The average molecular weight is 165 g/mol. The summed E-state index contributed by atoms with van der Waals surface area (Å²) >= 11 is 0. The summed E-state index contributed by atoms with van der Waals surface area (Å²) in [5, 5.41) is 0. The van der Waals surface area contributed by atoms with Crippen LogP contribution in [-0.4, -0.2) is 17.1 Å². The van der Waals surface area contributed by atoms with Crippen LogP contribution < -0.4 is 5.73 Å². The largest absolute Gasteiger partial charge is 0.321 e. The van der Waals surface area contributed by atoms with Crippen LogP contribution in [0.15, 0.2) is 0 Å². The van der Waals surface area contributed by atoms with Gasteiger partial charge in [0.25, 0.3) is 0 Å². The van der Waals surface area contributed by atoms with Crippen molar-refractivity contribution in [1.29, 1.82) is 0 Å². The van der Waals surface area contributed by atoms with E-state index in [0.717, 1.165) is 0 Å². The van der Waals surface area contributed by atoms with Gasteiger partial charge in [0.1, 0.15) is 5.52 Å². The first-order chi connectivity index (χ1) is 4.04. The summed E-state index contributed by atoms with van der Waals surface area (Å²) in [5.41, 5.74) is 4.84. The summed E-state index contributed by atoms with van der Waals surface area (Å²) in [6, 6.07) is -0.653. The van der Waals surface area contributed by atoms with E-state index in [1.807, 2.05) is 18.5 Å². The molecular formula is C4H9NO2P2. The standard InChI is InChI=1S/C4H9NO2P2/c5-2(4(7)9)1-3(6)8/h2H,1,5,8-9H2. The molecule has 3 unspecified atom stereocenters. The highest BCUT2D eigenvalue weighted by Gasteiger charge is 2.09. The molecule has 0 bridgehead atoms. The maximum Gasteiger partial charge on any atom is 0.165 e. The van der Waals surface area contributed by atoms with Gasteiger partial charge in [-0.2, -0.15) is 0 Å². The zero-order chi connectivity index (χ0) is 7.44. The molecular weight excluding hydrogens is 156 g/mol. The molecule has 0 aromatic rings. The number of hydrogen-bond donors (Lipinski definition) is 1. The van der Waals surface area contributed by atoms with Gasteiger partial charge in [-0.15, -0.1) is 0 Å². The Labute approximate surface area is 58.2 Å². The zero-order valence-electron chi connectivity index (χ0n) is 4.83. The van der Waals surface area contributed by atoms with Crippen molar-refractivity contribution in [1.82, 2.24) is 0 Å². The lowest BCUT2D eigenvalue weighted by Crippen LogP contribution is -2.27. The highest BCUT2D eigenvalue weighted by atomic mass is 31.0. The molecule has 0 spiro atoms. The summed E-state index contributed by atoms with van der Waals surface area (Å²) < 4.78 is 0. The number of hydrogen-bond acceptors (Lipinski definition) is 3. The maximum absolute atomic E-state index is 10.4. The average Bonchev–Trinajstić information content (AvgIpc) is 1.63. The van der Waals surface area contributed by atoms with Crippen molar-refractivity contribution in [3.05, 3.63) is 0 Å². The topological polar surface area (TPSA) is 60.2 Å². The highest BCUT2D eigenvalue weighted by Crippen LogP contribution is 2.00. The molecule has 5 heteroatoms. The minimum atomic E-state index is -0.653. The van der Waals surface area contributed by atoms with Crippen LogP contribution in [0.3, 0.4) is 0 Å². The van der Waals surface area contributed by atoms with Gasteiger partial charge in [-0.1, -0.05) is 18.5 Å². The van der Waals surface area contributed by atoms with Crippen LogP contribution in [0.4, 0.5) is 0 Å². The molecule has 52 valence electrons. The van der Waals surface area contributed by atoms with E-state index in [1.165, 1.54) is 0 Å². The molecule has 0 saturated heterocycles. The Balaban J connectivity index is 3.63. The van der Waals surface area contributed by atoms with Crippen molar-refractivity contribution in [3.8, 4) is 0 Å². The number of carbonyl (C=O) groups is 2. The number of nitrogens with two attached hydrogens (primary N) is 1. The van der Waals surface area contributed by atoms with E-state index in [-0.39, 0.29) is 17.5 Å². The van der Waals surface area contributed by atoms with Gasteiger partial charge < -0.3 is 5.73 Å². The first-order valence-corrected chi connectivity index (χ1v) is 3.52. The summed E-state index contributed by atoms with van der Waals surface area (Å²) in [5.74, 6) is 0. The lowest BCUT2D eigenvalue weighted by molar-refractivity contribution is -0.116. The van der Waals surface area contributed by atoms with E-state index in [4.69, 9.17) is 5.73 Å². The molecule has 0 aliphatic carbocycles. The lowest BCUT2D eigenvalue weighted by Gasteiger charge is -2.01. The van der Waals surface area contributed by atoms with Crippen LogP contribution in [0.5, 0.6) is 0 Å². The Morgan fingerprint density at radius 3 is 2.00 bits per heavy atom. The molecule has 3 atom stereocenters. The molecule has 0 heterocycles. The highest BCUT2D eigenvalue weighted by molar-refractivity contribution is 7.41. The van der Waals surface area contributed by atoms with Crippen LogP contribution in [-0.2, 0) is 9.59 Å². The minimum Gasteiger partial charge on any atom is -0.321 e. The normalized spacial score (nSPS) is 12.8. The van der Waals surface area contributed by atoms with E-state index in [2.05, 4.69) is 0 Å². The smallest absolute Gasteiger partial charge is 0.165 e. The van der Waals surface area contributed by atoms with E-state index in [0.29, 0.717) is 0 Å². The Morgan fingerprint density at radius 2 is 1.89 bits per heavy atom. The summed E-state index contributed by atoms with van der Waals surface area (Å²) in [4.78, 5) is 20.6. The van der Waals surface area contributed by atoms with Crippen molar-refractivity contribution in [3.63, 3.8) is 0 Å². The van der Waals surface area contributed by atoms with Gasteiger partial charge in [-0.25, -0.2) is 0 Å². The third-order valence-corrected chi connectivity index (χ3v) is 1.45. The SMILES string of the molecule is NC(CC(=O)P)C(=O)P. The van der Waals surface area contributed by atoms with E-state index in [1.54, 1.807) is 0 Å². The maximum atomic E-state index is 10.4. The van der Waals surface area contributed by atoms with Gasteiger partial charge in [0.2, 0.25) is 0 Å². The quantitative estimate of drug-likeness (QED) is 0.574. The van der Waals surface area contributed by atoms with Crippen LogP contribution >= 0.6 is 18.5 Å². The van der Waals surface area contributed by atoms with Crippen LogP contribution in [0, 0.1) is 0 Å². The molecule has 0 aromatic carbocycles. The van der Waals surface area contributed by atoms with Crippen LogP contribution in [0.25, 0.3) is 0 Å². The van der Waals surface area contributed by atoms with Crippen molar-refractivity contribution in [2.75, 3.05) is 0 Å². The third-order valence-electron chi connectivity index (χ3n) is 0.787. The summed E-state index contributed by atoms with van der Waals surface area (Å²) in [6.45, 7) is 0. The number of carbonyl (C=O) groups excluding carboxylic acids is 2. The molecule has 0 aliphatic rings. The molecule has 0 amide bonds. The van der Waals surface area contributed by atoms with Gasteiger partial charge in [0, 0.05) is 6.42 Å². The van der Waals surface area contributed by atoms with Crippen LogP contribution in [0.1, 0.15) is 6.42 Å². The second kappa shape index (κ2) is 4.05. The van der Waals surface area contributed by atoms with Crippen LogP contribution in [0.2, 0.25) is 0 Å². The van der Waals surface area contributed by atoms with E-state index in [9.17, 15) is 9.59 Å². The molecule has 0 aromatic heterocycles. The molecule has 0 saturated carbocycles. The Bertz CT molecular complexity index is 137. The fourth-order valence-corrected chi connectivity index (χ4v) is 0.689. The van der Waals surface area contributed by atoms with Crippen molar-refractivity contribution in [2.45, 2.75) is 12.5 Å². The zero-order valence-corrected chi connectivity index (χ0v) is 7.14. The Morgan fingerprint density at radius 1 is 1.44 bits per heavy atom. The molecule has 2 N–H and O–H groups in total. The molecule has 0 aliphatic heterocycles. The molecule has 9 heavy (non-hydrogen) atoms. The monoisotopic (exact) mass is 165 g/mol.